The Morgan fingerprint density at radius 2 is 1.71 bits per heavy atom. The van der Waals surface area contributed by atoms with Gasteiger partial charge in [-0.05, 0) is 50.6 Å². The molecule has 0 aliphatic carbocycles. The number of benzene rings is 1. The highest BCUT2D eigenvalue weighted by Gasteiger charge is 2.34. The van der Waals surface area contributed by atoms with Crippen LogP contribution in [-0.4, -0.2) is 49.2 Å². The molecule has 152 valence electrons. The summed E-state index contributed by atoms with van der Waals surface area (Å²) in [5.74, 6) is -0.960. The van der Waals surface area contributed by atoms with E-state index in [-0.39, 0.29) is 10.6 Å². The molecule has 0 bridgehead atoms. The Morgan fingerprint density at radius 1 is 1.18 bits per heavy atom. The number of rotatable bonds is 6. The van der Waals surface area contributed by atoms with Crippen LogP contribution in [0.25, 0.3) is 0 Å². The predicted molar refractivity (Wildman–Crippen MR) is 106 cm³/mol. The van der Waals surface area contributed by atoms with Crippen LogP contribution in [0.3, 0.4) is 0 Å². The van der Waals surface area contributed by atoms with Gasteiger partial charge in [0.15, 0.2) is 5.78 Å². The smallest absolute Gasteiger partial charge is 0.354 e. The third-order valence-corrected chi connectivity index (χ3v) is 7.17. The molecule has 1 unspecified atom stereocenters. The molecule has 0 radical (unpaired) electrons. The normalized spacial score (nSPS) is 12.9. The molecule has 9 heteroatoms. The molecule has 0 saturated carbocycles. The van der Waals surface area contributed by atoms with Gasteiger partial charge in [0.2, 0.25) is 10.0 Å². The van der Waals surface area contributed by atoms with Gasteiger partial charge in [-0.2, -0.15) is 4.31 Å². The predicted octanol–water partition coefficient (Wildman–Crippen LogP) is 2.97. The first kappa shape index (κ1) is 22.1. The second-order valence-electron chi connectivity index (χ2n) is 6.50. The van der Waals surface area contributed by atoms with Crippen molar-refractivity contribution in [1.29, 1.82) is 0 Å². The number of sulfonamides is 1. The van der Waals surface area contributed by atoms with Crippen molar-refractivity contribution in [3.8, 4) is 0 Å². The molecule has 0 spiro atoms. The van der Waals surface area contributed by atoms with Gasteiger partial charge in [-0.25, -0.2) is 13.2 Å². The summed E-state index contributed by atoms with van der Waals surface area (Å²) in [7, 11) is 0.367. The molecule has 0 fully saturated rings. The van der Waals surface area contributed by atoms with E-state index in [9.17, 15) is 18.0 Å². The van der Waals surface area contributed by atoms with Crippen molar-refractivity contribution in [2.24, 2.45) is 7.05 Å². The molecule has 1 heterocycles. The van der Waals surface area contributed by atoms with E-state index in [0.29, 0.717) is 21.8 Å². The van der Waals surface area contributed by atoms with E-state index in [1.165, 1.54) is 45.3 Å². The van der Waals surface area contributed by atoms with Crippen LogP contribution in [0.1, 0.15) is 39.0 Å². The lowest BCUT2D eigenvalue weighted by Gasteiger charge is -2.23. The summed E-state index contributed by atoms with van der Waals surface area (Å²) in [6.45, 7) is 4.86. The number of nitrogens with zero attached hydrogens (tertiary/aromatic N) is 2. The maximum atomic E-state index is 13.1. The second-order valence-corrected chi connectivity index (χ2v) is 8.93. The Bertz CT molecular complexity index is 1030. The summed E-state index contributed by atoms with van der Waals surface area (Å²) in [6.07, 6.45) is 0. The molecule has 0 N–H and O–H groups in total. The van der Waals surface area contributed by atoms with E-state index >= 15 is 0 Å². The SMILES string of the molecule is COC(=O)c1c(C)c(C(=O)C(C)N(C)S(=O)(=O)c2ccc(Cl)cc2)c(C)n1C. The van der Waals surface area contributed by atoms with Gasteiger partial charge < -0.3 is 9.30 Å². The highest BCUT2D eigenvalue weighted by molar-refractivity contribution is 7.89. The largest absolute Gasteiger partial charge is 0.464 e. The van der Waals surface area contributed by atoms with Gasteiger partial charge in [-0.15, -0.1) is 0 Å². The van der Waals surface area contributed by atoms with Crippen LogP contribution in [-0.2, 0) is 21.8 Å². The van der Waals surface area contributed by atoms with Gasteiger partial charge in [0.1, 0.15) is 5.69 Å². The highest BCUT2D eigenvalue weighted by Crippen LogP contribution is 2.26. The second kappa shape index (κ2) is 8.06. The molecule has 0 aliphatic heterocycles. The van der Waals surface area contributed by atoms with Crippen LogP contribution in [0.2, 0.25) is 5.02 Å². The van der Waals surface area contributed by atoms with Gasteiger partial charge in [-0.3, -0.25) is 4.79 Å². The molecule has 1 aromatic carbocycles. The number of carbonyl (C=O) groups excluding carboxylic acids is 2. The number of esters is 1. The Labute approximate surface area is 169 Å². The number of Topliss-reactive ketones (excluding diaryl/α,β-unsaturated/α-hetero) is 1. The minimum absolute atomic E-state index is 0.0378. The van der Waals surface area contributed by atoms with Crippen LogP contribution in [0, 0.1) is 13.8 Å². The first-order valence-corrected chi connectivity index (χ1v) is 10.3. The number of hydrogen-bond donors (Lipinski definition) is 0. The molecule has 0 aliphatic rings. The summed E-state index contributed by atoms with van der Waals surface area (Å²) >= 11 is 5.82. The summed E-state index contributed by atoms with van der Waals surface area (Å²) < 4.78 is 33.1. The molecule has 7 nitrogen and oxygen atoms in total. The van der Waals surface area contributed by atoms with E-state index in [1.54, 1.807) is 25.5 Å². The zero-order chi connectivity index (χ0) is 21.4. The lowest BCUT2D eigenvalue weighted by atomic mass is 10.0. The van der Waals surface area contributed by atoms with E-state index in [1.807, 2.05) is 0 Å². The highest BCUT2D eigenvalue weighted by atomic mass is 35.5. The number of ketones is 1. The minimum atomic E-state index is -3.90. The molecule has 1 aromatic heterocycles. The average Bonchev–Trinajstić information content (AvgIpc) is 2.88. The summed E-state index contributed by atoms with van der Waals surface area (Å²) in [4.78, 5) is 25.2. The molecule has 0 saturated heterocycles. The van der Waals surface area contributed by atoms with Crippen molar-refractivity contribution in [2.45, 2.75) is 31.7 Å². The summed E-state index contributed by atoms with van der Waals surface area (Å²) in [5.41, 5.74) is 1.60. The molecule has 2 rings (SSSR count). The summed E-state index contributed by atoms with van der Waals surface area (Å²) in [6, 6.07) is 4.75. The fourth-order valence-corrected chi connectivity index (χ4v) is 4.53. The third kappa shape index (κ3) is 3.72. The Morgan fingerprint density at radius 3 is 2.21 bits per heavy atom. The number of carbonyl (C=O) groups is 2. The van der Waals surface area contributed by atoms with Crippen molar-refractivity contribution in [3.05, 3.63) is 51.8 Å². The number of aromatic nitrogens is 1. The fourth-order valence-electron chi connectivity index (χ4n) is 3.08. The topological polar surface area (TPSA) is 85.7 Å². The van der Waals surface area contributed by atoms with Crippen LogP contribution < -0.4 is 0 Å². The van der Waals surface area contributed by atoms with Crippen LogP contribution in [0.5, 0.6) is 0 Å². The standard InChI is InChI=1S/C19H23ClN2O5S/c1-11-16(12(2)21(4)17(11)19(24)27-6)18(23)13(3)22(5)28(25,26)15-9-7-14(20)8-10-15/h7-10,13H,1-6H3. The molecule has 0 amide bonds. The Kier molecular flexibility index (Phi) is 6.37. The molecule has 2 aromatic rings. The van der Waals surface area contributed by atoms with E-state index in [0.717, 1.165) is 4.31 Å². The number of ether oxygens (including phenoxy) is 1. The van der Waals surface area contributed by atoms with Crippen molar-refractivity contribution in [1.82, 2.24) is 8.87 Å². The Balaban J connectivity index is 2.44. The van der Waals surface area contributed by atoms with Crippen molar-refractivity contribution >= 4 is 33.4 Å². The maximum absolute atomic E-state index is 13.1. The number of likely N-dealkylation sites (N-methyl/N-ethyl adjacent to an activating group) is 1. The Hall–Kier alpha value is -2.16. The van der Waals surface area contributed by atoms with E-state index < -0.39 is 27.8 Å². The van der Waals surface area contributed by atoms with Crippen LogP contribution >= 0.6 is 11.6 Å². The molecular formula is C19H23ClN2O5S. The number of hydrogen-bond acceptors (Lipinski definition) is 5. The van der Waals surface area contributed by atoms with Gasteiger partial charge in [0, 0.05) is 30.4 Å². The van der Waals surface area contributed by atoms with E-state index in [2.05, 4.69) is 0 Å². The summed E-state index contributed by atoms with van der Waals surface area (Å²) in [5, 5.41) is 0.414. The van der Waals surface area contributed by atoms with Crippen LogP contribution in [0.15, 0.2) is 29.2 Å². The average molecular weight is 427 g/mol. The number of methoxy groups -OCH3 is 1. The van der Waals surface area contributed by atoms with Crippen molar-refractivity contribution in [2.75, 3.05) is 14.2 Å². The van der Waals surface area contributed by atoms with Gasteiger partial charge in [-0.1, -0.05) is 11.6 Å². The monoisotopic (exact) mass is 426 g/mol. The zero-order valence-corrected chi connectivity index (χ0v) is 18.2. The van der Waals surface area contributed by atoms with Crippen molar-refractivity contribution < 1.29 is 22.7 Å². The fraction of sp³-hybridized carbons (Fsp3) is 0.368. The third-order valence-electron chi connectivity index (χ3n) is 4.97. The van der Waals surface area contributed by atoms with Crippen molar-refractivity contribution in [3.63, 3.8) is 0 Å². The quantitative estimate of drug-likeness (QED) is 0.523. The van der Waals surface area contributed by atoms with Gasteiger partial charge >= 0.3 is 5.97 Å². The lowest BCUT2D eigenvalue weighted by molar-refractivity contribution is 0.0588. The van der Waals surface area contributed by atoms with Gasteiger partial charge in [0.25, 0.3) is 0 Å². The molecule has 28 heavy (non-hydrogen) atoms. The first-order chi connectivity index (χ1) is 12.9. The van der Waals surface area contributed by atoms with Crippen LogP contribution in [0.4, 0.5) is 0 Å². The maximum Gasteiger partial charge on any atom is 0.354 e. The molecule has 1 atom stereocenters. The lowest BCUT2D eigenvalue weighted by Crippen LogP contribution is -2.40. The number of halogens is 1. The minimum Gasteiger partial charge on any atom is -0.464 e. The molecular weight excluding hydrogens is 404 g/mol. The van der Waals surface area contributed by atoms with E-state index in [4.69, 9.17) is 16.3 Å². The zero-order valence-electron chi connectivity index (χ0n) is 16.6. The first-order valence-electron chi connectivity index (χ1n) is 8.47. The van der Waals surface area contributed by atoms with Gasteiger partial charge in [0.05, 0.1) is 18.0 Å².